The zero-order chi connectivity index (χ0) is 16.5. The van der Waals surface area contributed by atoms with Gasteiger partial charge >= 0.3 is 0 Å². The van der Waals surface area contributed by atoms with Crippen molar-refractivity contribution >= 4 is 5.96 Å². The molecule has 1 unspecified atom stereocenters. The molecule has 1 heterocycles. The lowest BCUT2D eigenvalue weighted by Crippen LogP contribution is -2.37. The minimum absolute atomic E-state index is 0.232. The Hall–Kier alpha value is -1.75. The number of nitrogens with one attached hydrogen (secondary N) is 2. The molecule has 0 saturated carbocycles. The highest BCUT2D eigenvalue weighted by Gasteiger charge is 2.17. The highest BCUT2D eigenvalue weighted by molar-refractivity contribution is 5.79. The molecular formula is C18H29N3O2. The number of rotatable bonds is 7. The summed E-state index contributed by atoms with van der Waals surface area (Å²) in [4.78, 5) is 4.23. The molecule has 2 rings (SSSR count). The summed E-state index contributed by atoms with van der Waals surface area (Å²) in [5.74, 6) is 1.75. The Balaban J connectivity index is 1.94. The van der Waals surface area contributed by atoms with Gasteiger partial charge in [-0.25, -0.2) is 0 Å². The van der Waals surface area contributed by atoms with Gasteiger partial charge in [-0.15, -0.1) is 0 Å². The van der Waals surface area contributed by atoms with E-state index in [2.05, 4.69) is 47.7 Å². The van der Waals surface area contributed by atoms with Crippen LogP contribution in [0.5, 0.6) is 5.75 Å². The molecule has 5 heteroatoms. The standard InChI is InChI=1S/C18H29N3O2/c1-4-9-20-18(19-3)21-12-15-8-7-14(2)11-17(15)23-13-16-6-5-10-22-16/h7-8,11,16H,4-6,9-10,12-13H2,1-3H3,(H2,19,20,21). The molecular weight excluding hydrogens is 290 g/mol. The van der Waals surface area contributed by atoms with E-state index in [9.17, 15) is 0 Å². The van der Waals surface area contributed by atoms with Gasteiger partial charge in [0.25, 0.3) is 0 Å². The van der Waals surface area contributed by atoms with Crippen molar-refractivity contribution in [1.82, 2.24) is 10.6 Å². The first kappa shape index (κ1) is 17.6. The molecule has 0 radical (unpaired) electrons. The minimum Gasteiger partial charge on any atom is -0.491 e. The molecule has 1 aliphatic heterocycles. The van der Waals surface area contributed by atoms with E-state index in [1.54, 1.807) is 7.05 Å². The highest BCUT2D eigenvalue weighted by atomic mass is 16.5. The third-order valence-electron chi connectivity index (χ3n) is 3.88. The number of hydrogen-bond acceptors (Lipinski definition) is 3. The maximum absolute atomic E-state index is 6.02. The molecule has 1 aliphatic rings. The maximum Gasteiger partial charge on any atom is 0.191 e. The highest BCUT2D eigenvalue weighted by Crippen LogP contribution is 2.22. The van der Waals surface area contributed by atoms with Crippen LogP contribution >= 0.6 is 0 Å². The second-order valence-corrected chi connectivity index (χ2v) is 5.91. The van der Waals surface area contributed by atoms with Crippen molar-refractivity contribution in [3.05, 3.63) is 29.3 Å². The predicted octanol–water partition coefficient (Wildman–Crippen LogP) is 2.63. The summed E-state index contributed by atoms with van der Waals surface area (Å²) in [5.41, 5.74) is 2.33. The number of aryl methyl sites for hydroxylation is 1. The smallest absolute Gasteiger partial charge is 0.191 e. The molecule has 5 nitrogen and oxygen atoms in total. The third kappa shape index (κ3) is 5.75. The Morgan fingerprint density at radius 1 is 1.39 bits per heavy atom. The average Bonchev–Trinajstić information content (AvgIpc) is 3.08. The predicted molar refractivity (Wildman–Crippen MR) is 94.1 cm³/mol. The lowest BCUT2D eigenvalue weighted by atomic mass is 10.1. The van der Waals surface area contributed by atoms with E-state index >= 15 is 0 Å². The fourth-order valence-electron chi connectivity index (χ4n) is 2.54. The summed E-state index contributed by atoms with van der Waals surface area (Å²) in [5, 5.41) is 6.61. The van der Waals surface area contributed by atoms with Crippen LogP contribution in [0.25, 0.3) is 0 Å². The monoisotopic (exact) mass is 319 g/mol. The number of benzene rings is 1. The van der Waals surface area contributed by atoms with Crippen LogP contribution in [-0.4, -0.2) is 38.9 Å². The maximum atomic E-state index is 6.02. The minimum atomic E-state index is 0.232. The molecule has 0 spiro atoms. The van der Waals surface area contributed by atoms with Crippen LogP contribution in [0.3, 0.4) is 0 Å². The van der Waals surface area contributed by atoms with Crippen LogP contribution in [0.2, 0.25) is 0 Å². The summed E-state index contributed by atoms with van der Waals surface area (Å²) in [6.45, 7) is 7.30. The second-order valence-electron chi connectivity index (χ2n) is 5.91. The Kier molecular flexibility index (Phi) is 7.20. The van der Waals surface area contributed by atoms with Crippen molar-refractivity contribution in [3.8, 4) is 5.75 Å². The molecule has 1 aromatic rings. The van der Waals surface area contributed by atoms with Gasteiger partial charge in [0.1, 0.15) is 12.4 Å². The van der Waals surface area contributed by atoms with Crippen molar-refractivity contribution < 1.29 is 9.47 Å². The van der Waals surface area contributed by atoms with Gasteiger partial charge < -0.3 is 20.1 Å². The molecule has 1 atom stereocenters. The van der Waals surface area contributed by atoms with E-state index in [-0.39, 0.29) is 6.10 Å². The van der Waals surface area contributed by atoms with Gasteiger partial charge in [0.2, 0.25) is 0 Å². The van der Waals surface area contributed by atoms with Crippen molar-refractivity contribution in [2.24, 2.45) is 4.99 Å². The van der Waals surface area contributed by atoms with Gasteiger partial charge in [0.15, 0.2) is 5.96 Å². The molecule has 0 amide bonds. The van der Waals surface area contributed by atoms with Crippen molar-refractivity contribution in [1.29, 1.82) is 0 Å². The first-order valence-electron chi connectivity index (χ1n) is 8.51. The summed E-state index contributed by atoms with van der Waals surface area (Å²) in [7, 11) is 1.79. The van der Waals surface area contributed by atoms with Crippen molar-refractivity contribution in [2.75, 3.05) is 26.8 Å². The van der Waals surface area contributed by atoms with Gasteiger partial charge in [-0.3, -0.25) is 4.99 Å². The molecule has 1 saturated heterocycles. The SMILES string of the molecule is CCCNC(=NC)NCc1ccc(C)cc1OCC1CCCO1. The lowest BCUT2D eigenvalue weighted by molar-refractivity contribution is 0.0676. The molecule has 0 bridgehead atoms. The van der Waals surface area contributed by atoms with Crippen LogP contribution in [0.15, 0.2) is 23.2 Å². The van der Waals surface area contributed by atoms with Crippen LogP contribution in [0.1, 0.15) is 37.3 Å². The van der Waals surface area contributed by atoms with Crippen molar-refractivity contribution in [2.45, 2.75) is 45.8 Å². The molecule has 0 aliphatic carbocycles. The zero-order valence-corrected chi connectivity index (χ0v) is 14.5. The quantitative estimate of drug-likeness (QED) is 0.599. The third-order valence-corrected chi connectivity index (χ3v) is 3.88. The second kappa shape index (κ2) is 9.40. The number of guanidine groups is 1. The summed E-state index contributed by atoms with van der Waals surface area (Å²) in [6.07, 6.45) is 3.53. The molecule has 128 valence electrons. The van der Waals surface area contributed by atoms with E-state index in [0.717, 1.165) is 49.7 Å². The van der Waals surface area contributed by atoms with E-state index in [4.69, 9.17) is 9.47 Å². The number of aliphatic imine (C=N–C) groups is 1. The largest absolute Gasteiger partial charge is 0.491 e. The van der Waals surface area contributed by atoms with E-state index in [0.29, 0.717) is 13.2 Å². The van der Waals surface area contributed by atoms with Crippen LogP contribution in [0.4, 0.5) is 0 Å². The van der Waals surface area contributed by atoms with Gasteiger partial charge in [0, 0.05) is 32.3 Å². The fourth-order valence-corrected chi connectivity index (χ4v) is 2.54. The molecule has 2 N–H and O–H groups in total. The Labute approximate surface area is 139 Å². The van der Waals surface area contributed by atoms with Gasteiger partial charge in [-0.1, -0.05) is 19.1 Å². The van der Waals surface area contributed by atoms with Crippen molar-refractivity contribution in [3.63, 3.8) is 0 Å². The van der Waals surface area contributed by atoms with Gasteiger partial charge in [-0.2, -0.15) is 0 Å². The number of ether oxygens (including phenoxy) is 2. The zero-order valence-electron chi connectivity index (χ0n) is 14.5. The Morgan fingerprint density at radius 2 is 2.26 bits per heavy atom. The molecule has 1 fully saturated rings. The molecule has 1 aromatic carbocycles. The van der Waals surface area contributed by atoms with Crippen LogP contribution in [0, 0.1) is 6.92 Å². The Morgan fingerprint density at radius 3 is 2.96 bits per heavy atom. The average molecular weight is 319 g/mol. The molecule has 0 aromatic heterocycles. The van der Waals surface area contributed by atoms with E-state index in [1.807, 2.05) is 0 Å². The topological polar surface area (TPSA) is 54.9 Å². The number of hydrogen-bond donors (Lipinski definition) is 2. The molecule has 23 heavy (non-hydrogen) atoms. The number of nitrogens with zero attached hydrogens (tertiary/aromatic N) is 1. The van der Waals surface area contributed by atoms with Gasteiger partial charge in [-0.05, 0) is 37.8 Å². The van der Waals surface area contributed by atoms with E-state index in [1.165, 1.54) is 5.56 Å². The first-order chi connectivity index (χ1) is 11.2. The van der Waals surface area contributed by atoms with E-state index < -0.39 is 0 Å². The fraction of sp³-hybridized carbons (Fsp3) is 0.611. The summed E-state index contributed by atoms with van der Waals surface area (Å²) < 4.78 is 11.7. The summed E-state index contributed by atoms with van der Waals surface area (Å²) >= 11 is 0. The normalized spacial score (nSPS) is 18.0. The lowest BCUT2D eigenvalue weighted by Gasteiger charge is -2.17. The first-order valence-corrected chi connectivity index (χ1v) is 8.51. The summed E-state index contributed by atoms with van der Waals surface area (Å²) in [6, 6.07) is 6.31. The van der Waals surface area contributed by atoms with Crippen LogP contribution < -0.4 is 15.4 Å². The Bertz CT molecular complexity index is 511. The van der Waals surface area contributed by atoms with Gasteiger partial charge in [0.05, 0.1) is 6.10 Å². The van der Waals surface area contributed by atoms with Crippen LogP contribution in [-0.2, 0) is 11.3 Å².